The molecule has 90 valence electrons. The molecule has 0 spiro atoms. The maximum Gasteiger partial charge on any atom is 0.109 e. The smallest absolute Gasteiger partial charge is 0.109 e. The molecule has 18 heavy (non-hydrogen) atoms. The SMILES string of the molecule is Cc1ccc(C(O)c2cnn3ccncc23)cn1. The van der Waals surface area contributed by atoms with Gasteiger partial charge in [0, 0.05) is 35.4 Å². The number of hydrogen-bond acceptors (Lipinski definition) is 4. The van der Waals surface area contributed by atoms with Gasteiger partial charge < -0.3 is 5.11 Å². The topological polar surface area (TPSA) is 63.3 Å². The standard InChI is InChI=1S/C13H12N4O/c1-9-2-3-10(6-15-9)13(18)11-7-16-17-5-4-14-8-12(11)17/h2-8,13,18H,1H3. The molecule has 0 radical (unpaired) electrons. The quantitative estimate of drug-likeness (QED) is 0.737. The summed E-state index contributed by atoms with van der Waals surface area (Å²) in [7, 11) is 0. The summed E-state index contributed by atoms with van der Waals surface area (Å²) >= 11 is 0. The Morgan fingerprint density at radius 2 is 2.11 bits per heavy atom. The first-order chi connectivity index (χ1) is 8.75. The summed E-state index contributed by atoms with van der Waals surface area (Å²) in [6.07, 6.45) is 7.69. The number of hydrogen-bond donors (Lipinski definition) is 1. The normalized spacial score (nSPS) is 12.8. The van der Waals surface area contributed by atoms with Crippen molar-refractivity contribution in [3.05, 3.63) is 59.9 Å². The van der Waals surface area contributed by atoms with Gasteiger partial charge in [-0.15, -0.1) is 0 Å². The highest BCUT2D eigenvalue weighted by Gasteiger charge is 2.15. The van der Waals surface area contributed by atoms with E-state index in [0.717, 1.165) is 22.3 Å². The molecule has 5 heteroatoms. The summed E-state index contributed by atoms with van der Waals surface area (Å²) in [5.41, 5.74) is 3.20. The zero-order valence-electron chi connectivity index (χ0n) is 9.85. The fourth-order valence-electron chi connectivity index (χ4n) is 1.88. The van der Waals surface area contributed by atoms with Crippen molar-refractivity contribution in [2.75, 3.05) is 0 Å². The molecule has 1 unspecified atom stereocenters. The second-order valence-electron chi connectivity index (χ2n) is 4.14. The third-order valence-corrected chi connectivity index (χ3v) is 2.90. The third kappa shape index (κ3) is 1.74. The van der Waals surface area contributed by atoms with E-state index in [1.54, 1.807) is 35.5 Å². The number of aliphatic hydroxyl groups is 1. The van der Waals surface area contributed by atoms with E-state index in [4.69, 9.17) is 0 Å². The number of pyridine rings is 1. The van der Waals surface area contributed by atoms with Gasteiger partial charge in [0.1, 0.15) is 6.10 Å². The lowest BCUT2D eigenvalue weighted by Gasteiger charge is -2.09. The molecule has 1 atom stereocenters. The minimum absolute atomic E-state index is 0.730. The van der Waals surface area contributed by atoms with Crippen LogP contribution >= 0.6 is 0 Å². The Balaban J connectivity index is 2.06. The number of nitrogens with zero attached hydrogens (tertiary/aromatic N) is 4. The predicted molar refractivity (Wildman–Crippen MR) is 66.0 cm³/mol. The predicted octanol–water partition coefficient (Wildman–Crippen LogP) is 1.51. The highest BCUT2D eigenvalue weighted by molar-refractivity contribution is 5.54. The summed E-state index contributed by atoms with van der Waals surface area (Å²) in [5, 5.41) is 14.5. The van der Waals surface area contributed by atoms with E-state index < -0.39 is 6.10 Å². The van der Waals surface area contributed by atoms with Crippen LogP contribution in [0.25, 0.3) is 5.52 Å². The molecule has 3 heterocycles. The van der Waals surface area contributed by atoms with E-state index in [1.807, 2.05) is 19.1 Å². The summed E-state index contributed by atoms with van der Waals surface area (Å²) in [6.45, 7) is 1.91. The van der Waals surface area contributed by atoms with E-state index in [2.05, 4.69) is 15.1 Å². The zero-order valence-corrected chi connectivity index (χ0v) is 9.85. The van der Waals surface area contributed by atoms with E-state index in [-0.39, 0.29) is 0 Å². The maximum absolute atomic E-state index is 10.3. The van der Waals surface area contributed by atoms with Gasteiger partial charge >= 0.3 is 0 Å². The Labute approximate surface area is 104 Å². The van der Waals surface area contributed by atoms with Crippen LogP contribution in [-0.4, -0.2) is 24.7 Å². The first-order valence-corrected chi connectivity index (χ1v) is 5.63. The lowest BCUT2D eigenvalue weighted by Crippen LogP contribution is -2.00. The Morgan fingerprint density at radius 1 is 1.22 bits per heavy atom. The van der Waals surface area contributed by atoms with Crippen LogP contribution in [0.3, 0.4) is 0 Å². The van der Waals surface area contributed by atoms with E-state index in [1.165, 1.54) is 0 Å². The number of fused-ring (bicyclic) bond motifs is 1. The van der Waals surface area contributed by atoms with Crippen molar-refractivity contribution in [2.45, 2.75) is 13.0 Å². The highest BCUT2D eigenvalue weighted by Crippen LogP contribution is 2.24. The number of rotatable bonds is 2. The Morgan fingerprint density at radius 3 is 2.89 bits per heavy atom. The maximum atomic E-state index is 10.3. The van der Waals surface area contributed by atoms with E-state index >= 15 is 0 Å². The molecule has 0 amide bonds. The van der Waals surface area contributed by atoms with Crippen molar-refractivity contribution < 1.29 is 5.11 Å². The monoisotopic (exact) mass is 240 g/mol. The van der Waals surface area contributed by atoms with Crippen molar-refractivity contribution in [2.24, 2.45) is 0 Å². The average Bonchev–Trinajstić information content (AvgIpc) is 2.82. The van der Waals surface area contributed by atoms with E-state index in [9.17, 15) is 5.11 Å². The second kappa shape index (κ2) is 4.19. The van der Waals surface area contributed by atoms with Crippen molar-refractivity contribution in [3.8, 4) is 0 Å². The van der Waals surface area contributed by atoms with Crippen molar-refractivity contribution >= 4 is 5.52 Å². The van der Waals surface area contributed by atoms with Crippen LogP contribution in [0, 0.1) is 6.92 Å². The minimum atomic E-state index is -0.736. The van der Waals surface area contributed by atoms with Crippen LogP contribution in [0.2, 0.25) is 0 Å². The number of aromatic nitrogens is 4. The van der Waals surface area contributed by atoms with Crippen LogP contribution < -0.4 is 0 Å². The minimum Gasteiger partial charge on any atom is -0.383 e. The van der Waals surface area contributed by atoms with E-state index in [0.29, 0.717) is 0 Å². The van der Waals surface area contributed by atoms with Gasteiger partial charge in [-0.2, -0.15) is 5.10 Å². The van der Waals surface area contributed by atoms with Gasteiger partial charge in [0.25, 0.3) is 0 Å². The van der Waals surface area contributed by atoms with Crippen LogP contribution in [0.5, 0.6) is 0 Å². The van der Waals surface area contributed by atoms with Gasteiger partial charge in [-0.25, -0.2) is 4.52 Å². The molecular weight excluding hydrogens is 228 g/mol. The number of aryl methyl sites for hydroxylation is 1. The summed E-state index contributed by atoms with van der Waals surface area (Å²) in [4.78, 5) is 8.24. The lowest BCUT2D eigenvalue weighted by atomic mass is 10.1. The molecule has 0 bridgehead atoms. The van der Waals surface area contributed by atoms with Gasteiger partial charge in [0.2, 0.25) is 0 Å². The van der Waals surface area contributed by atoms with Gasteiger partial charge in [-0.05, 0) is 13.0 Å². The summed E-state index contributed by atoms with van der Waals surface area (Å²) < 4.78 is 1.69. The highest BCUT2D eigenvalue weighted by atomic mass is 16.3. The largest absolute Gasteiger partial charge is 0.383 e. The van der Waals surface area contributed by atoms with Gasteiger partial charge in [0.15, 0.2) is 0 Å². The van der Waals surface area contributed by atoms with Crippen LogP contribution in [0.4, 0.5) is 0 Å². The molecule has 0 saturated heterocycles. The zero-order chi connectivity index (χ0) is 12.5. The fraction of sp³-hybridized carbons (Fsp3) is 0.154. The molecule has 3 aromatic rings. The van der Waals surface area contributed by atoms with Crippen molar-refractivity contribution in [1.29, 1.82) is 0 Å². The molecule has 0 fully saturated rings. The summed E-state index contributed by atoms with van der Waals surface area (Å²) in [6, 6.07) is 3.75. The van der Waals surface area contributed by atoms with Crippen molar-refractivity contribution in [1.82, 2.24) is 19.6 Å². The Kier molecular flexibility index (Phi) is 2.53. The molecular formula is C13H12N4O. The number of aliphatic hydroxyl groups excluding tert-OH is 1. The average molecular weight is 240 g/mol. The lowest BCUT2D eigenvalue weighted by molar-refractivity contribution is 0.221. The molecule has 0 aliphatic heterocycles. The molecule has 0 aliphatic carbocycles. The fourth-order valence-corrected chi connectivity index (χ4v) is 1.88. The molecule has 0 saturated carbocycles. The van der Waals surface area contributed by atoms with Crippen LogP contribution in [0.15, 0.2) is 43.1 Å². The molecule has 3 aromatic heterocycles. The van der Waals surface area contributed by atoms with Crippen molar-refractivity contribution in [3.63, 3.8) is 0 Å². The molecule has 5 nitrogen and oxygen atoms in total. The van der Waals surface area contributed by atoms with Gasteiger partial charge in [-0.1, -0.05) is 6.07 Å². The first-order valence-electron chi connectivity index (χ1n) is 5.63. The molecule has 0 aromatic carbocycles. The second-order valence-corrected chi connectivity index (χ2v) is 4.14. The van der Waals surface area contributed by atoms with Crippen LogP contribution in [0.1, 0.15) is 22.9 Å². The Hall–Kier alpha value is -2.27. The van der Waals surface area contributed by atoms with Gasteiger partial charge in [0.05, 0.1) is 17.9 Å². The summed E-state index contributed by atoms with van der Waals surface area (Å²) in [5.74, 6) is 0. The van der Waals surface area contributed by atoms with Gasteiger partial charge in [-0.3, -0.25) is 9.97 Å². The molecule has 3 rings (SSSR count). The molecule has 1 N–H and O–H groups in total. The first kappa shape index (κ1) is 10.9. The Bertz CT molecular complexity index is 675. The van der Waals surface area contributed by atoms with Crippen LogP contribution in [-0.2, 0) is 0 Å². The third-order valence-electron chi connectivity index (χ3n) is 2.90. The molecule has 0 aliphatic rings.